The van der Waals surface area contributed by atoms with E-state index in [1.54, 1.807) is 0 Å². The van der Waals surface area contributed by atoms with E-state index in [-0.39, 0.29) is 0 Å². The molecule has 2 rings (SSSR count). The van der Waals surface area contributed by atoms with E-state index in [1.807, 2.05) is 20.8 Å². The minimum Gasteiger partial charge on any atom is -0.334 e. The molecule has 2 aliphatic rings. The average Bonchev–Trinajstić information content (AvgIpc) is 2.72. The van der Waals surface area contributed by atoms with Gasteiger partial charge in [-0.2, -0.15) is 0 Å². The predicted molar refractivity (Wildman–Crippen MR) is 81.3 cm³/mol. The fraction of sp³-hybridized carbons (Fsp3) is 0.938. The monoisotopic (exact) mass is 268 g/mol. The lowest BCUT2D eigenvalue weighted by Gasteiger charge is -2.41. The van der Waals surface area contributed by atoms with Gasteiger partial charge in [-0.3, -0.25) is 9.69 Å². The summed E-state index contributed by atoms with van der Waals surface area (Å²) in [6.45, 7) is 11.7. The Morgan fingerprint density at radius 1 is 1.05 bits per heavy atom. The highest BCUT2D eigenvalue weighted by Gasteiger charge is 2.41. The molecule has 2 heterocycles. The molecule has 2 atom stereocenters. The summed E-state index contributed by atoms with van der Waals surface area (Å²) in [6, 6.07) is 1.03. The third-order valence-corrected chi connectivity index (χ3v) is 4.23. The van der Waals surface area contributed by atoms with Crippen LogP contribution >= 0.6 is 0 Å². The van der Waals surface area contributed by atoms with Gasteiger partial charge in [0.25, 0.3) is 0 Å². The van der Waals surface area contributed by atoms with Crippen LogP contribution in [0.5, 0.6) is 0 Å². The largest absolute Gasteiger partial charge is 0.334 e. The predicted octanol–water partition coefficient (Wildman–Crippen LogP) is 3.29. The van der Waals surface area contributed by atoms with Crippen molar-refractivity contribution >= 4 is 5.91 Å². The van der Waals surface area contributed by atoms with Gasteiger partial charge in [0, 0.05) is 31.6 Å². The second kappa shape index (κ2) is 8.57. The molecule has 0 unspecified atom stereocenters. The summed E-state index contributed by atoms with van der Waals surface area (Å²) in [5, 5.41) is 0. The molecule has 112 valence electrons. The molecule has 3 nitrogen and oxygen atoms in total. The lowest BCUT2D eigenvalue weighted by atomic mass is 10.1. The maximum atomic E-state index is 11.9. The maximum Gasteiger partial charge on any atom is 0.222 e. The number of rotatable bonds is 5. The van der Waals surface area contributed by atoms with E-state index >= 15 is 0 Å². The Bertz CT molecular complexity index is 253. The van der Waals surface area contributed by atoms with E-state index in [4.69, 9.17) is 0 Å². The van der Waals surface area contributed by atoms with Gasteiger partial charge in [-0.05, 0) is 25.8 Å². The van der Waals surface area contributed by atoms with Crippen LogP contribution in [0, 0.1) is 0 Å². The number of piperazine rings is 1. The Morgan fingerprint density at radius 2 is 1.63 bits per heavy atom. The smallest absolute Gasteiger partial charge is 0.222 e. The summed E-state index contributed by atoms with van der Waals surface area (Å²) in [4.78, 5) is 16.7. The molecule has 0 aromatic heterocycles. The Morgan fingerprint density at radius 3 is 2.11 bits per heavy atom. The van der Waals surface area contributed by atoms with Crippen LogP contribution in [-0.2, 0) is 4.79 Å². The Balaban J connectivity index is 0.000000861. The Labute approximate surface area is 119 Å². The first-order chi connectivity index (χ1) is 9.26. The molecule has 0 N–H and O–H groups in total. The lowest BCUT2D eigenvalue weighted by Crippen LogP contribution is -2.55. The highest BCUT2D eigenvalue weighted by atomic mass is 16.2. The number of hydrogen-bond donors (Lipinski definition) is 0. The van der Waals surface area contributed by atoms with E-state index in [1.165, 1.54) is 38.6 Å². The lowest BCUT2D eigenvalue weighted by molar-refractivity contribution is -0.136. The molecule has 2 bridgehead atoms. The summed E-state index contributed by atoms with van der Waals surface area (Å²) < 4.78 is 0. The molecule has 0 radical (unpaired) electrons. The van der Waals surface area contributed by atoms with Gasteiger partial charge in [-0.1, -0.05) is 40.5 Å². The molecule has 0 aromatic rings. The zero-order chi connectivity index (χ0) is 14.3. The number of unbranched alkanes of at least 4 members (excludes halogenated alkanes) is 2. The molecule has 2 saturated heterocycles. The van der Waals surface area contributed by atoms with Crippen LogP contribution in [0.15, 0.2) is 0 Å². The van der Waals surface area contributed by atoms with Crippen LogP contribution in [0.4, 0.5) is 0 Å². The van der Waals surface area contributed by atoms with Gasteiger partial charge in [-0.15, -0.1) is 0 Å². The van der Waals surface area contributed by atoms with Gasteiger partial charge in [-0.25, -0.2) is 0 Å². The first-order valence-corrected chi connectivity index (χ1v) is 8.29. The minimum absolute atomic E-state index is 0.366. The standard InChI is InChI=1S/C14H26N2O.C2H6/c1-3-5-6-9-15-10-12-7-8-13(11-15)16(12)14(17)4-2;1-2/h12-13H,3-11H2,1-2H3;1-2H3/t12-,13+;. The third kappa shape index (κ3) is 4.20. The minimum atomic E-state index is 0.366. The molecule has 3 heteroatoms. The number of nitrogens with zero attached hydrogens (tertiary/aromatic N) is 2. The van der Waals surface area contributed by atoms with Gasteiger partial charge < -0.3 is 4.90 Å². The fourth-order valence-corrected chi connectivity index (χ4v) is 3.35. The van der Waals surface area contributed by atoms with E-state index in [9.17, 15) is 4.79 Å². The van der Waals surface area contributed by atoms with Crippen molar-refractivity contribution in [2.24, 2.45) is 0 Å². The van der Waals surface area contributed by atoms with Crippen LogP contribution in [0.3, 0.4) is 0 Å². The second-order valence-corrected chi connectivity index (χ2v) is 5.51. The van der Waals surface area contributed by atoms with Crippen LogP contribution in [0.1, 0.15) is 66.2 Å². The molecule has 0 aliphatic carbocycles. The summed E-state index contributed by atoms with van der Waals surface area (Å²) in [7, 11) is 0. The van der Waals surface area contributed by atoms with Crippen molar-refractivity contribution < 1.29 is 4.79 Å². The molecule has 2 aliphatic heterocycles. The number of carbonyl (C=O) groups is 1. The fourth-order valence-electron chi connectivity index (χ4n) is 3.35. The van der Waals surface area contributed by atoms with E-state index < -0.39 is 0 Å². The third-order valence-electron chi connectivity index (χ3n) is 4.23. The van der Waals surface area contributed by atoms with Crippen molar-refractivity contribution in [3.8, 4) is 0 Å². The molecular formula is C16H32N2O. The average molecular weight is 268 g/mol. The molecule has 2 fully saturated rings. The summed E-state index contributed by atoms with van der Waals surface area (Å²) in [5.74, 6) is 0.366. The molecule has 0 aromatic carbocycles. The quantitative estimate of drug-likeness (QED) is 0.714. The number of carbonyl (C=O) groups excluding carboxylic acids is 1. The van der Waals surface area contributed by atoms with Gasteiger partial charge in [0.15, 0.2) is 0 Å². The maximum absolute atomic E-state index is 11.9. The van der Waals surface area contributed by atoms with E-state index in [0.29, 0.717) is 24.4 Å². The van der Waals surface area contributed by atoms with Gasteiger partial charge in [0.2, 0.25) is 5.91 Å². The Hall–Kier alpha value is -0.570. The van der Waals surface area contributed by atoms with Gasteiger partial charge in [0.1, 0.15) is 0 Å². The van der Waals surface area contributed by atoms with Crippen molar-refractivity contribution in [2.75, 3.05) is 19.6 Å². The highest BCUT2D eigenvalue weighted by Crippen LogP contribution is 2.30. The number of amides is 1. The molecule has 19 heavy (non-hydrogen) atoms. The van der Waals surface area contributed by atoms with Gasteiger partial charge >= 0.3 is 0 Å². The number of likely N-dealkylation sites (tertiary alicyclic amines) is 1. The zero-order valence-corrected chi connectivity index (χ0v) is 13.3. The van der Waals surface area contributed by atoms with Gasteiger partial charge in [0.05, 0.1) is 0 Å². The number of hydrogen-bond acceptors (Lipinski definition) is 2. The van der Waals surface area contributed by atoms with E-state index in [0.717, 1.165) is 13.1 Å². The van der Waals surface area contributed by atoms with Crippen LogP contribution < -0.4 is 0 Å². The van der Waals surface area contributed by atoms with Crippen LogP contribution in [-0.4, -0.2) is 47.4 Å². The van der Waals surface area contributed by atoms with Crippen molar-refractivity contribution in [1.82, 2.24) is 9.80 Å². The SMILES string of the molecule is CC.CCCCCN1C[C@H]2CC[C@@H](C1)N2C(=O)CC. The first kappa shape index (κ1) is 16.5. The summed E-state index contributed by atoms with van der Waals surface area (Å²) >= 11 is 0. The second-order valence-electron chi connectivity index (χ2n) is 5.51. The van der Waals surface area contributed by atoms with Crippen molar-refractivity contribution in [3.63, 3.8) is 0 Å². The van der Waals surface area contributed by atoms with Crippen molar-refractivity contribution in [3.05, 3.63) is 0 Å². The van der Waals surface area contributed by atoms with E-state index in [2.05, 4.69) is 16.7 Å². The Kier molecular flexibility index (Phi) is 7.44. The van der Waals surface area contributed by atoms with Crippen LogP contribution in [0.25, 0.3) is 0 Å². The molecule has 0 spiro atoms. The number of fused-ring (bicyclic) bond motifs is 2. The van der Waals surface area contributed by atoms with Crippen molar-refractivity contribution in [2.45, 2.75) is 78.3 Å². The normalized spacial score (nSPS) is 26.0. The highest BCUT2D eigenvalue weighted by molar-refractivity contribution is 5.77. The summed E-state index contributed by atoms with van der Waals surface area (Å²) in [6.07, 6.45) is 7.06. The van der Waals surface area contributed by atoms with Crippen LogP contribution in [0.2, 0.25) is 0 Å². The first-order valence-electron chi connectivity index (χ1n) is 8.29. The van der Waals surface area contributed by atoms with Crippen molar-refractivity contribution in [1.29, 1.82) is 0 Å². The molecule has 1 amide bonds. The zero-order valence-electron chi connectivity index (χ0n) is 13.3. The summed E-state index contributed by atoms with van der Waals surface area (Å²) in [5.41, 5.74) is 0. The molecular weight excluding hydrogens is 236 g/mol. The molecule has 0 saturated carbocycles. The topological polar surface area (TPSA) is 23.6 Å².